The van der Waals surface area contributed by atoms with E-state index in [1.54, 1.807) is 16.2 Å². The number of aromatic nitrogens is 1. The van der Waals surface area contributed by atoms with E-state index in [9.17, 15) is 4.79 Å². The number of thiazole rings is 1. The van der Waals surface area contributed by atoms with Gasteiger partial charge in [0.15, 0.2) is 5.96 Å². The zero-order chi connectivity index (χ0) is 22.1. The zero-order valence-electron chi connectivity index (χ0n) is 19.4. The van der Waals surface area contributed by atoms with Gasteiger partial charge >= 0.3 is 6.09 Å². The van der Waals surface area contributed by atoms with Gasteiger partial charge in [0.1, 0.15) is 5.60 Å². The molecule has 8 nitrogen and oxygen atoms in total. The van der Waals surface area contributed by atoms with E-state index >= 15 is 0 Å². The first-order valence-corrected chi connectivity index (χ1v) is 11.7. The van der Waals surface area contributed by atoms with E-state index in [0.29, 0.717) is 0 Å². The number of nitrogens with zero attached hydrogens (tertiary/aromatic N) is 5. The van der Waals surface area contributed by atoms with Crippen molar-refractivity contribution in [3.63, 3.8) is 0 Å². The van der Waals surface area contributed by atoms with Crippen LogP contribution in [0.3, 0.4) is 0 Å². The monoisotopic (exact) mass is 438 g/mol. The molecule has 9 heteroatoms. The number of aliphatic imine (C=N–C) groups is 1. The fraction of sp³-hybridized carbons (Fsp3) is 0.762. The quantitative estimate of drug-likeness (QED) is 0.401. The Bertz CT molecular complexity index is 692. The molecule has 1 aliphatic rings. The second kappa shape index (κ2) is 11.5. The summed E-state index contributed by atoms with van der Waals surface area (Å²) < 4.78 is 5.46. The van der Waals surface area contributed by atoms with E-state index < -0.39 is 5.60 Å². The van der Waals surface area contributed by atoms with Gasteiger partial charge in [0.25, 0.3) is 0 Å². The molecule has 0 saturated carbocycles. The molecular formula is C21H38N6O2S. The first-order valence-electron chi connectivity index (χ1n) is 10.8. The van der Waals surface area contributed by atoms with Gasteiger partial charge in [-0.1, -0.05) is 0 Å². The second-order valence-corrected chi connectivity index (χ2v) is 9.67. The number of rotatable bonds is 7. The van der Waals surface area contributed by atoms with Crippen LogP contribution < -0.4 is 5.32 Å². The number of guanidine groups is 1. The predicted molar refractivity (Wildman–Crippen MR) is 123 cm³/mol. The van der Waals surface area contributed by atoms with Crippen molar-refractivity contribution < 1.29 is 9.53 Å². The molecule has 1 fully saturated rings. The first kappa shape index (κ1) is 24.4. The largest absolute Gasteiger partial charge is 0.444 e. The first-order chi connectivity index (χ1) is 14.2. The van der Waals surface area contributed by atoms with Gasteiger partial charge in [-0.05, 0) is 41.0 Å². The SMILES string of the molecule is CCNC(=NCCCN1CCN(C(=O)OC(C)(C)C)CC1)N(C)Cc1csc(C)n1. The van der Waals surface area contributed by atoms with Crippen LogP contribution in [0.5, 0.6) is 0 Å². The van der Waals surface area contributed by atoms with Crippen molar-refractivity contribution in [1.82, 2.24) is 25.0 Å². The minimum Gasteiger partial charge on any atom is -0.444 e. The third-order valence-corrected chi connectivity index (χ3v) is 5.50. The van der Waals surface area contributed by atoms with Crippen LogP contribution in [0.2, 0.25) is 0 Å². The standard InChI is InChI=1S/C21H38N6O2S/c1-7-22-19(25(6)15-18-16-30-17(2)24-18)23-9-8-10-26-11-13-27(14-12-26)20(28)29-21(3,4)5/h16H,7-15H2,1-6H3,(H,22,23). The lowest BCUT2D eigenvalue weighted by molar-refractivity contribution is 0.0145. The molecule has 0 bridgehead atoms. The van der Waals surface area contributed by atoms with Gasteiger partial charge in [0.05, 0.1) is 17.2 Å². The molecular weight excluding hydrogens is 400 g/mol. The number of hydrogen-bond donors (Lipinski definition) is 1. The van der Waals surface area contributed by atoms with Crippen molar-refractivity contribution in [2.75, 3.05) is 52.9 Å². The summed E-state index contributed by atoms with van der Waals surface area (Å²) in [5.74, 6) is 0.915. The molecule has 30 heavy (non-hydrogen) atoms. The molecule has 0 spiro atoms. The summed E-state index contributed by atoms with van der Waals surface area (Å²) in [5, 5.41) is 6.56. The van der Waals surface area contributed by atoms with Gasteiger partial charge in [0, 0.05) is 58.2 Å². The minimum absolute atomic E-state index is 0.208. The Kier molecular flexibility index (Phi) is 9.36. The number of hydrogen-bond acceptors (Lipinski definition) is 6. The van der Waals surface area contributed by atoms with E-state index in [1.807, 2.05) is 34.7 Å². The number of amides is 1. The maximum absolute atomic E-state index is 12.2. The molecule has 1 aliphatic heterocycles. The third kappa shape index (κ3) is 8.47. The summed E-state index contributed by atoms with van der Waals surface area (Å²) in [7, 11) is 2.05. The number of nitrogens with one attached hydrogen (secondary N) is 1. The molecule has 170 valence electrons. The van der Waals surface area contributed by atoms with Gasteiger partial charge in [0.2, 0.25) is 0 Å². The Morgan fingerprint density at radius 1 is 1.33 bits per heavy atom. The average molecular weight is 439 g/mol. The van der Waals surface area contributed by atoms with Crippen molar-refractivity contribution in [3.05, 3.63) is 16.1 Å². The summed E-state index contributed by atoms with van der Waals surface area (Å²) in [6.07, 6.45) is 0.783. The number of ether oxygens (including phenoxy) is 1. The summed E-state index contributed by atoms with van der Waals surface area (Å²) in [5.41, 5.74) is 0.635. The van der Waals surface area contributed by atoms with Crippen LogP contribution in [-0.4, -0.2) is 90.2 Å². The maximum atomic E-state index is 12.2. The lowest BCUT2D eigenvalue weighted by Gasteiger charge is -2.35. The highest BCUT2D eigenvalue weighted by Crippen LogP contribution is 2.12. The Balaban J connectivity index is 1.72. The van der Waals surface area contributed by atoms with Crippen molar-refractivity contribution in [3.8, 4) is 0 Å². The molecule has 1 saturated heterocycles. The van der Waals surface area contributed by atoms with Crippen molar-refractivity contribution in [2.45, 2.75) is 53.2 Å². The molecule has 2 heterocycles. The lowest BCUT2D eigenvalue weighted by Crippen LogP contribution is -2.50. The van der Waals surface area contributed by atoms with Crippen LogP contribution in [0.25, 0.3) is 0 Å². The zero-order valence-corrected chi connectivity index (χ0v) is 20.2. The Hall–Kier alpha value is -1.87. The van der Waals surface area contributed by atoms with Crippen LogP contribution >= 0.6 is 11.3 Å². The van der Waals surface area contributed by atoms with Crippen LogP contribution in [0, 0.1) is 6.92 Å². The molecule has 1 aromatic heterocycles. The lowest BCUT2D eigenvalue weighted by atomic mass is 10.2. The molecule has 0 aliphatic carbocycles. The molecule has 1 aromatic rings. The Morgan fingerprint density at radius 3 is 2.60 bits per heavy atom. The Morgan fingerprint density at radius 2 is 2.03 bits per heavy atom. The molecule has 0 radical (unpaired) electrons. The summed E-state index contributed by atoms with van der Waals surface area (Å²) >= 11 is 1.68. The fourth-order valence-corrected chi connectivity index (χ4v) is 3.83. The summed E-state index contributed by atoms with van der Waals surface area (Å²) in [6.45, 7) is 16.4. The van der Waals surface area contributed by atoms with Gasteiger partial charge in [-0.2, -0.15) is 0 Å². The van der Waals surface area contributed by atoms with Crippen molar-refractivity contribution >= 4 is 23.4 Å². The predicted octanol–water partition coefficient (Wildman–Crippen LogP) is 2.79. The molecule has 1 N–H and O–H groups in total. The summed E-state index contributed by atoms with van der Waals surface area (Å²) in [4.78, 5) is 27.8. The number of carbonyl (C=O) groups is 1. The number of carbonyl (C=O) groups excluding carboxylic acids is 1. The van der Waals surface area contributed by atoms with Crippen LogP contribution in [0.4, 0.5) is 4.79 Å². The van der Waals surface area contributed by atoms with E-state index in [1.165, 1.54) is 0 Å². The highest BCUT2D eigenvalue weighted by molar-refractivity contribution is 7.09. The van der Waals surface area contributed by atoms with Gasteiger partial charge in [-0.3, -0.25) is 9.89 Å². The molecule has 0 aromatic carbocycles. The van der Waals surface area contributed by atoms with Gasteiger partial charge in [-0.25, -0.2) is 9.78 Å². The minimum atomic E-state index is -0.443. The van der Waals surface area contributed by atoms with Gasteiger partial charge in [-0.15, -0.1) is 11.3 Å². The summed E-state index contributed by atoms with van der Waals surface area (Å²) in [6, 6.07) is 0. The Labute approximate surface area is 185 Å². The highest BCUT2D eigenvalue weighted by Gasteiger charge is 2.25. The van der Waals surface area contributed by atoms with Gasteiger partial charge < -0.3 is 19.9 Å². The highest BCUT2D eigenvalue weighted by atomic mass is 32.1. The second-order valence-electron chi connectivity index (χ2n) is 8.61. The van der Waals surface area contributed by atoms with E-state index in [4.69, 9.17) is 9.73 Å². The van der Waals surface area contributed by atoms with Crippen LogP contribution in [-0.2, 0) is 11.3 Å². The van der Waals surface area contributed by atoms with E-state index in [0.717, 1.165) is 75.4 Å². The topological polar surface area (TPSA) is 73.3 Å². The van der Waals surface area contributed by atoms with Crippen LogP contribution in [0.15, 0.2) is 10.4 Å². The molecule has 0 unspecified atom stereocenters. The molecule has 0 atom stereocenters. The smallest absolute Gasteiger partial charge is 0.410 e. The fourth-order valence-electron chi connectivity index (χ4n) is 3.23. The number of aryl methyl sites for hydroxylation is 1. The third-order valence-electron chi connectivity index (χ3n) is 4.68. The maximum Gasteiger partial charge on any atom is 0.410 e. The van der Waals surface area contributed by atoms with Crippen molar-refractivity contribution in [2.24, 2.45) is 4.99 Å². The van der Waals surface area contributed by atoms with Crippen LogP contribution in [0.1, 0.15) is 44.8 Å². The van der Waals surface area contributed by atoms with E-state index in [-0.39, 0.29) is 6.09 Å². The normalized spacial score (nSPS) is 15.9. The van der Waals surface area contributed by atoms with Crippen molar-refractivity contribution in [1.29, 1.82) is 0 Å². The molecule has 1 amide bonds. The average Bonchev–Trinajstić information content (AvgIpc) is 3.08. The van der Waals surface area contributed by atoms with E-state index in [2.05, 4.69) is 32.4 Å². The number of piperazine rings is 1. The molecule has 2 rings (SSSR count).